The highest BCUT2D eigenvalue weighted by Crippen LogP contribution is 2.26. The zero-order valence-electron chi connectivity index (χ0n) is 11.2. The fourth-order valence-corrected chi connectivity index (χ4v) is 2.78. The first-order chi connectivity index (χ1) is 9.17. The summed E-state index contributed by atoms with van der Waals surface area (Å²) in [6, 6.07) is 9.28. The summed E-state index contributed by atoms with van der Waals surface area (Å²) in [5, 5.41) is 1.90. The van der Waals surface area contributed by atoms with Gasteiger partial charge in [-0.25, -0.2) is 0 Å². The molecule has 1 heterocycles. The standard InChI is InChI=1S/C15H18N2OS/c1-3-17(4-2)13-8-7-11(10-12(13)16)15(18)14-6-5-9-19-14/h5-10H,3-4,16H2,1-2H3. The molecular formula is C15H18N2OS. The van der Waals surface area contributed by atoms with E-state index in [0.717, 1.165) is 23.7 Å². The van der Waals surface area contributed by atoms with Crippen molar-refractivity contribution < 1.29 is 4.79 Å². The molecule has 0 bridgehead atoms. The minimum Gasteiger partial charge on any atom is -0.397 e. The summed E-state index contributed by atoms with van der Waals surface area (Å²) in [6.07, 6.45) is 0. The third-order valence-corrected chi connectivity index (χ3v) is 4.01. The molecule has 0 amide bonds. The van der Waals surface area contributed by atoms with Crippen LogP contribution in [0.15, 0.2) is 35.7 Å². The highest BCUT2D eigenvalue weighted by atomic mass is 32.1. The summed E-state index contributed by atoms with van der Waals surface area (Å²) in [5.74, 6) is 0.0350. The molecule has 0 radical (unpaired) electrons. The molecule has 0 aliphatic carbocycles. The first kappa shape index (κ1) is 13.6. The number of benzene rings is 1. The van der Waals surface area contributed by atoms with Crippen LogP contribution in [0.2, 0.25) is 0 Å². The Morgan fingerprint density at radius 3 is 2.53 bits per heavy atom. The fraction of sp³-hybridized carbons (Fsp3) is 0.267. The molecule has 0 atom stereocenters. The van der Waals surface area contributed by atoms with Gasteiger partial charge in [0.25, 0.3) is 0 Å². The van der Waals surface area contributed by atoms with E-state index in [9.17, 15) is 4.79 Å². The van der Waals surface area contributed by atoms with Crippen molar-refractivity contribution in [1.29, 1.82) is 0 Å². The lowest BCUT2D eigenvalue weighted by molar-refractivity contribution is 0.104. The quantitative estimate of drug-likeness (QED) is 0.671. The van der Waals surface area contributed by atoms with E-state index in [4.69, 9.17) is 5.73 Å². The Morgan fingerprint density at radius 2 is 2.00 bits per heavy atom. The van der Waals surface area contributed by atoms with Crippen molar-refractivity contribution in [1.82, 2.24) is 0 Å². The number of thiophene rings is 1. The average Bonchev–Trinajstić information content (AvgIpc) is 2.95. The lowest BCUT2D eigenvalue weighted by Gasteiger charge is -2.23. The van der Waals surface area contributed by atoms with E-state index in [1.165, 1.54) is 11.3 Å². The molecule has 19 heavy (non-hydrogen) atoms. The molecule has 4 heteroatoms. The predicted octanol–water partition coefficient (Wildman–Crippen LogP) is 3.41. The van der Waals surface area contributed by atoms with Crippen LogP contribution in [0.3, 0.4) is 0 Å². The minimum absolute atomic E-state index is 0.0350. The molecule has 0 aliphatic rings. The first-order valence-electron chi connectivity index (χ1n) is 6.40. The van der Waals surface area contributed by atoms with Crippen molar-refractivity contribution in [2.24, 2.45) is 0 Å². The Morgan fingerprint density at radius 1 is 1.26 bits per heavy atom. The molecule has 0 fully saturated rings. The molecule has 0 unspecified atom stereocenters. The number of ketones is 1. The molecule has 0 saturated heterocycles. The van der Waals surface area contributed by atoms with Gasteiger partial charge in [-0.2, -0.15) is 0 Å². The van der Waals surface area contributed by atoms with Gasteiger partial charge in [-0.15, -0.1) is 11.3 Å². The zero-order valence-corrected chi connectivity index (χ0v) is 12.0. The second-order valence-electron chi connectivity index (χ2n) is 4.25. The summed E-state index contributed by atoms with van der Waals surface area (Å²) >= 11 is 1.45. The first-order valence-corrected chi connectivity index (χ1v) is 7.28. The van der Waals surface area contributed by atoms with Crippen molar-refractivity contribution in [3.05, 3.63) is 46.2 Å². The number of hydrogen-bond acceptors (Lipinski definition) is 4. The highest BCUT2D eigenvalue weighted by Gasteiger charge is 2.13. The third kappa shape index (κ3) is 2.79. The van der Waals surface area contributed by atoms with Crippen LogP contribution in [-0.4, -0.2) is 18.9 Å². The summed E-state index contributed by atoms with van der Waals surface area (Å²) in [7, 11) is 0. The van der Waals surface area contributed by atoms with Crippen LogP contribution in [-0.2, 0) is 0 Å². The molecule has 0 spiro atoms. The SMILES string of the molecule is CCN(CC)c1ccc(C(=O)c2cccs2)cc1N. The van der Waals surface area contributed by atoms with Crippen LogP contribution >= 0.6 is 11.3 Å². The maximum atomic E-state index is 12.2. The van der Waals surface area contributed by atoms with E-state index >= 15 is 0 Å². The van der Waals surface area contributed by atoms with Crippen molar-refractivity contribution in [3.8, 4) is 0 Å². The van der Waals surface area contributed by atoms with Gasteiger partial charge in [0.05, 0.1) is 16.3 Å². The largest absolute Gasteiger partial charge is 0.397 e. The number of nitrogens with zero attached hydrogens (tertiary/aromatic N) is 1. The molecule has 3 nitrogen and oxygen atoms in total. The molecular weight excluding hydrogens is 256 g/mol. The number of carbonyl (C=O) groups is 1. The zero-order chi connectivity index (χ0) is 13.8. The summed E-state index contributed by atoms with van der Waals surface area (Å²) in [4.78, 5) is 15.1. The summed E-state index contributed by atoms with van der Waals surface area (Å²) in [5.41, 5.74) is 8.37. The van der Waals surface area contributed by atoms with Crippen LogP contribution in [0, 0.1) is 0 Å². The molecule has 1 aromatic heterocycles. The monoisotopic (exact) mass is 274 g/mol. The Bertz CT molecular complexity index is 560. The van der Waals surface area contributed by atoms with Gasteiger partial charge in [0.2, 0.25) is 5.78 Å². The van der Waals surface area contributed by atoms with Crippen molar-refractivity contribution >= 4 is 28.5 Å². The predicted molar refractivity (Wildman–Crippen MR) is 82.2 cm³/mol. The normalized spacial score (nSPS) is 10.4. The van der Waals surface area contributed by atoms with Gasteiger partial charge >= 0.3 is 0 Å². The van der Waals surface area contributed by atoms with E-state index in [-0.39, 0.29) is 5.78 Å². The molecule has 100 valence electrons. The maximum absolute atomic E-state index is 12.2. The second-order valence-corrected chi connectivity index (χ2v) is 5.20. The molecule has 0 saturated carbocycles. The Hall–Kier alpha value is -1.81. The fourth-order valence-electron chi connectivity index (χ4n) is 2.10. The Labute approximate surface area is 117 Å². The summed E-state index contributed by atoms with van der Waals surface area (Å²) < 4.78 is 0. The Balaban J connectivity index is 2.31. The number of anilines is 2. The van der Waals surface area contributed by atoms with Gasteiger partial charge in [-0.05, 0) is 43.5 Å². The number of rotatable bonds is 5. The van der Waals surface area contributed by atoms with E-state index < -0.39 is 0 Å². The maximum Gasteiger partial charge on any atom is 0.203 e. The molecule has 2 aromatic rings. The number of carbonyl (C=O) groups excluding carboxylic acids is 1. The average molecular weight is 274 g/mol. The second kappa shape index (κ2) is 5.89. The van der Waals surface area contributed by atoms with Crippen LogP contribution in [0.25, 0.3) is 0 Å². The summed E-state index contributed by atoms with van der Waals surface area (Å²) in [6.45, 7) is 5.99. The third-order valence-electron chi connectivity index (χ3n) is 3.14. The van der Waals surface area contributed by atoms with E-state index in [1.54, 1.807) is 6.07 Å². The van der Waals surface area contributed by atoms with Crippen molar-refractivity contribution in [2.45, 2.75) is 13.8 Å². The van der Waals surface area contributed by atoms with Gasteiger partial charge in [0, 0.05) is 18.7 Å². The minimum atomic E-state index is 0.0350. The smallest absolute Gasteiger partial charge is 0.203 e. The molecule has 2 N–H and O–H groups in total. The van der Waals surface area contributed by atoms with Gasteiger partial charge in [0.1, 0.15) is 0 Å². The number of hydrogen-bond donors (Lipinski definition) is 1. The van der Waals surface area contributed by atoms with Crippen LogP contribution < -0.4 is 10.6 Å². The molecule has 2 rings (SSSR count). The lowest BCUT2D eigenvalue weighted by atomic mass is 10.1. The van der Waals surface area contributed by atoms with E-state index in [0.29, 0.717) is 11.3 Å². The van der Waals surface area contributed by atoms with Gasteiger partial charge < -0.3 is 10.6 Å². The van der Waals surface area contributed by atoms with E-state index in [1.807, 2.05) is 29.6 Å². The van der Waals surface area contributed by atoms with Crippen molar-refractivity contribution in [2.75, 3.05) is 23.7 Å². The van der Waals surface area contributed by atoms with Crippen molar-refractivity contribution in [3.63, 3.8) is 0 Å². The van der Waals surface area contributed by atoms with Crippen LogP contribution in [0.5, 0.6) is 0 Å². The molecule has 1 aromatic carbocycles. The Kier molecular flexibility index (Phi) is 4.22. The van der Waals surface area contributed by atoms with Gasteiger partial charge in [0.15, 0.2) is 0 Å². The van der Waals surface area contributed by atoms with Crippen LogP contribution in [0.4, 0.5) is 11.4 Å². The number of nitrogens with two attached hydrogens (primary N) is 1. The van der Waals surface area contributed by atoms with Crippen LogP contribution in [0.1, 0.15) is 29.1 Å². The van der Waals surface area contributed by atoms with E-state index in [2.05, 4.69) is 18.7 Å². The van der Waals surface area contributed by atoms with Gasteiger partial charge in [-0.3, -0.25) is 4.79 Å². The topological polar surface area (TPSA) is 46.3 Å². The highest BCUT2D eigenvalue weighted by molar-refractivity contribution is 7.12. The lowest BCUT2D eigenvalue weighted by Crippen LogP contribution is -2.23. The number of nitrogen functional groups attached to an aromatic ring is 1. The van der Waals surface area contributed by atoms with Gasteiger partial charge in [-0.1, -0.05) is 6.07 Å². The molecule has 0 aliphatic heterocycles.